The summed E-state index contributed by atoms with van der Waals surface area (Å²) in [5.74, 6) is 1.73. The lowest BCUT2D eigenvalue weighted by Gasteiger charge is -2.34. The van der Waals surface area contributed by atoms with Gasteiger partial charge in [-0.25, -0.2) is 0 Å². The van der Waals surface area contributed by atoms with Crippen molar-refractivity contribution >= 4 is 5.97 Å². The third kappa shape index (κ3) is 1.95. The van der Waals surface area contributed by atoms with Gasteiger partial charge in [0.25, 0.3) is 0 Å². The van der Waals surface area contributed by atoms with Gasteiger partial charge in [-0.1, -0.05) is 6.07 Å². The molecule has 4 nitrogen and oxygen atoms in total. The maximum atomic E-state index is 10.6. The highest BCUT2D eigenvalue weighted by molar-refractivity contribution is 5.67. The minimum absolute atomic E-state index is 0.293. The number of hydrogen-bond donors (Lipinski definition) is 1. The number of ether oxygens (including phenoxy) is 2. The third-order valence-corrected chi connectivity index (χ3v) is 3.57. The van der Waals surface area contributed by atoms with Gasteiger partial charge in [-0.2, -0.15) is 0 Å². The van der Waals surface area contributed by atoms with Crippen molar-refractivity contribution in [2.24, 2.45) is 5.92 Å². The molecule has 17 heavy (non-hydrogen) atoms. The number of hydrogen-bond acceptors (Lipinski definition) is 3. The molecule has 0 radical (unpaired) electrons. The van der Waals surface area contributed by atoms with E-state index < -0.39 is 5.97 Å². The highest BCUT2D eigenvalue weighted by Crippen LogP contribution is 2.45. The van der Waals surface area contributed by atoms with Gasteiger partial charge >= 0.3 is 5.97 Å². The van der Waals surface area contributed by atoms with Crippen molar-refractivity contribution in [1.82, 2.24) is 0 Å². The summed E-state index contributed by atoms with van der Waals surface area (Å²) in [6, 6.07) is 6.00. The van der Waals surface area contributed by atoms with Gasteiger partial charge in [0.15, 0.2) is 11.5 Å². The Hall–Kier alpha value is -1.71. The molecule has 0 aromatic heterocycles. The zero-order valence-electron chi connectivity index (χ0n) is 9.39. The van der Waals surface area contributed by atoms with Crippen LogP contribution < -0.4 is 9.47 Å². The highest BCUT2D eigenvalue weighted by atomic mass is 16.7. The average molecular weight is 234 g/mol. The van der Waals surface area contributed by atoms with Crippen molar-refractivity contribution in [3.63, 3.8) is 0 Å². The van der Waals surface area contributed by atoms with E-state index in [9.17, 15) is 4.79 Å². The summed E-state index contributed by atoms with van der Waals surface area (Å²) in [6.07, 6.45) is 2.22. The molecule has 1 saturated carbocycles. The largest absolute Gasteiger partial charge is 0.481 e. The lowest BCUT2D eigenvalue weighted by Crippen LogP contribution is -2.24. The van der Waals surface area contributed by atoms with Gasteiger partial charge in [0.05, 0.1) is 0 Å². The van der Waals surface area contributed by atoms with E-state index in [0.717, 1.165) is 24.3 Å². The molecule has 0 bridgehead atoms. The highest BCUT2D eigenvalue weighted by Gasteiger charge is 2.32. The van der Waals surface area contributed by atoms with Crippen molar-refractivity contribution in [3.8, 4) is 11.5 Å². The molecule has 0 amide bonds. The molecule has 90 valence electrons. The summed E-state index contributed by atoms with van der Waals surface area (Å²) in [4.78, 5) is 10.6. The zero-order chi connectivity index (χ0) is 11.8. The predicted molar refractivity (Wildman–Crippen MR) is 60.3 cm³/mol. The molecule has 1 N–H and O–H groups in total. The SMILES string of the molecule is O=C(O)CC1CC(c2ccc3c(c2)OCO3)C1. The minimum atomic E-state index is -0.695. The fraction of sp³-hybridized carbons (Fsp3) is 0.462. The predicted octanol–water partition coefficient (Wildman–Crippen LogP) is 2.38. The maximum absolute atomic E-state index is 10.6. The minimum Gasteiger partial charge on any atom is -0.481 e. The van der Waals surface area contributed by atoms with Crippen molar-refractivity contribution in [1.29, 1.82) is 0 Å². The van der Waals surface area contributed by atoms with Crippen LogP contribution in [-0.2, 0) is 4.79 Å². The van der Waals surface area contributed by atoms with Crippen LogP contribution in [-0.4, -0.2) is 17.9 Å². The van der Waals surface area contributed by atoms with Crippen LogP contribution >= 0.6 is 0 Å². The van der Waals surface area contributed by atoms with Gasteiger partial charge in [0.1, 0.15) is 0 Å². The van der Waals surface area contributed by atoms with Gasteiger partial charge in [-0.05, 0) is 42.4 Å². The Kier molecular flexibility index (Phi) is 2.42. The van der Waals surface area contributed by atoms with Crippen LogP contribution in [0.2, 0.25) is 0 Å². The molecule has 2 aliphatic rings. The number of carboxylic acid groups (broad SMARTS) is 1. The molecule has 3 rings (SSSR count). The van der Waals surface area contributed by atoms with E-state index in [4.69, 9.17) is 14.6 Å². The molecule has 0 saturated heterocycles. The number of rotatable bonds is 3. The zero-order valence-corrected chi connectivity index (χ0v) is 9.39. The second-order valence-corrected chi connectivity index (χ2v) is 4.74. The number of fused-ring (bicyclic) bond motifs is 1. The van der Waals surface area contributed by atoms with Crippen LogP contribution in [0.1, 0.15) is 30.7 Å². The molecule has 0 atom stereocenters. The van der Waals surface area contributed by atoms with E-state index >= 15 is 0 Å². The molecule has 1 aromatic rings. The van der Waals surface area contributed by atoms with E-state index in [1.54, 1.807) is 0 Å². The standard InChI is InChI=1S/C13H14O4/c14-13(15)5-8-3-10(4-8)9-1-2-11-12(6-9)17-7-16-11/h1-2,6,8,10H,3-5,7H2,(H,14,15). The van der Waals surface area contributed by atoms with Gasteiger partial charge in [-0.15, -0.1) is 0 Å². The van der Waals surface area contributed by atoms with Gasteiger partial charge in [-0.3, -0.25) is 4.79 Å². The molecule has 1 heterocycles. The second-order valence-electron chi connectivity index (χ2n) is 4.74. The number of carbonyl (C=O) groups is 1. The first-order valence-corrected chi connectivity index (χ1v) is 5.83. The summed E-state index contributed by atoms with van der Waals surface area (Å²) in [5, 5.41) is 8.70. The molecule has 1 fully saturated rings. The second kappa shape index (κ2) is 3.95. The monoisotopic (exact) mass is 234 g/mol. The Bertz CT molecular complexity index is 449. The normalized spacial score (nSPS) is 25.4. The smallest absolute Gasteiger partial charge is 0.303 e. The van der Waals surface area contributed by atoms with Crippen LogP contribution in [0.4, 0.5) is 0 Å². The topological polar surface area (TPSA) is 55.8 Å². The van der Waals surface area contributed by atoms with Crippen LogP contribution in [0.25, 0.3) is 0 Å². The first-order chi connectivity index (χ1) is 8.22. The summed E-state index contributed by atoms with van der Waals surface area (Å²) < 4.78 is 10.6. The molecule has 0 spiro atoms. The van der Waals surface area contributed by atoms with Crippen LogP contribution in [0.3, 0.4) is 0 Å². The number of aliphatic carboxylic acids is 1. The first kappa shape index (κ1) is 10.4. The quantitative estimate of drug-likeness (QED) is 0.872. The molecular formula is C13H14O4. The fourth-order valence-corrected chi connectivity index (χ4v) is 2.59. The lowest BCUT2D eigenvalue weighted by molar-refractivity contribution is -0.138. The average Bonchev–Trinajstić information content (AvgIpc) is 2.69. The molecule has 4 heteroatoms. The Balaban J connectivity index is 1.65. The Morgan fingerprint density at radius 3 is 2.82 bits per heavy atom. The molecular weight excluding hydrogens is 220 g/mol. The van der Waals surface area contributed by atoms with Gasteiger partial charge < -0.3 is 14.6 Å². The van der Waals surface area contributed by atoms with E-state index in [1.165, 1.54) is 5.56 Å². The summed E-state index contributed by atoms with van der Waals surface area (Å²) in [6.45, 7) is 0.297. The Morgan fingerprint density at radius 2 is 2.06 bits per heavy atom. The molecule has 0 unspecified atom stereocenters. The van der Waals surface area contributed by atoms with Crippen molar-refractivity contribution in [2.45, 2.75) is 25.2 Å². The Morgan fingerprint density at radius 1 is 1.29 bits per heavy atom. The molecule has 1 aliphatic carbocycles. The van der Waals surface area contributed by atoms with Crippen LogP contribution in [0, 0.1) is 5.92 Å². The Labute approximate surface area is 99.2 Å². The van der Waals surface area contributed by atoms with Crippen LogP contribution in [0.15, 0.2) is 18.2 Å². The van der Waals surface area contributed by atoms with E-state index in [2.05, 4.69) is 6.07 Å². The maximum Gasteiger partial charge on any atom is 0.303 e. The van der Waals surface area contributed by atoms with Crippen molar-refractivity contribution < 1.29 is 19.4 Å². The third-order valence-electron chi connectivity index (χ3n) is 3.57. The molecule has 1 aromatic carbocycles. The molecule has 1 aliphatic heterocycles. The first-order valence-electron chi connectivity index (χ1n) is 5.83. The number of benzene rings is 1. The van der Waals surface area contributed by atoms with E-state index in [0.29, 0.717) is 25.0 Å². The fourth-order valence-electron chi connectivity index (χ4n) is 2.59. The van der Waals surface area contributed by atoms with Crippen molar-refractivity contribution in [3.05, 3.63) is 23.8 Å². The summed E-state index contributed by atoms with van der Waals surface area (Å²) >= 11 is 0. The van der Waals surface area contributed by atoms with Gasteiger partial charge in [0.2, 0.25) is 6.79 Å². The van der Waals surface area contributed by atoms with Crippen molar-refractivity contribution in [2.75, 3.05) is 6.79 Å². The summed E-state index contributed by atoms with van der Waals surface area (Å²) in [7, 11) is 0. The lowest BCUT2D eigenvalue weighted by atomic mass is 9.70. The van der Waals surface area contributed by atoms with E-state index in [1.807, 2.05) is 12.1 Å². The van der Waals surface area contributed by atoms with E-state index in [-0.39, 0.29) is 0 Å². The van der Waals surface area contributed by atoms with Gasteiger partial charge in [0, 0.05) is 6.42 Å². The number of carboxylic acids is 1. The van der Waals surface area contributed by atoms with Crippen LogP contribution in [0.5, 0.6) is 11.5 Å². The summed E-state index contributed by atoms with van der Waals surface area (Å²) in [5.41, 5.74) is 1.23.